The molecule has 1 aliphatic rings. The van der Waals surface area contributed by atoms with Gasteiger partial charge in [0.25, 0.3) is 0 Å². The zero-order valence-electron chi connectivity index (χ0n) is 8.84. The fourth-order valence-corrected chi connectivity index (χ4v) is 2.95. The second kappa shape index (κ2) is 4.36. The summed E-state index contributed by atoms with van der Waals surface area (Å²) in [6.45, 7) is 3.61. The fourth-order valence-electron chi connectivity index (χ4n) is 1.25. The lowest BCUT2D eigenvalue weighted by molar-refractivity contribution is 0.313. The second-order valence-electron chi connectivity index (χ2n) is 4.11. The quantitative estimate of drug-likeness (QED) is 0.266. The van der Waals surface area contributed by atoms with E-state index in [1.807, 2.05) is 0 Å². The van der Waals surface area contributed by atoms with Crippen molar-refractivity contribution in [3.05, 3.63) is 0 Å². The first-order chi connectivity index (χ1) is 6.88. The van der Waals surface area contributed by atoms with Gasteiger partial charge in [0.2, 0.25) is 10.0 Å². The zero-order chi connectivity index (χ0) is 11.6. The number of hydrogen-bond acceptors (Lipinski definition) is 4. The maximum atomic E-state index is 11.6. The van der Waals surface area contributed by atoms with E-state index in [0.717, 1.165) is 0 Å². The molecule has 0 radical (unpaired) electrons. The van der Waals surface area contributed by atoms with Gasteiger partial charge in [0.05, 0.1) is 11.3 Å². The molecule has 15 heavy (non-hydrogen) atoms. The van der Waals surface area contributed by atoms with Crippen molar-refractivity contribution in [2.45, 2.75) is 38.0 Å². The molecule has 0 bridgehead atoms. The lowest BCUT2D eigenvalue weighted by Gasteiger charge is -2.20. The predicted molar refractivity (Wildman–Crippen MR) is 57.1 cm³/mol. The van der Waals surface area contributed by atoms with Gasteiger partial charge in [0.1, 0.15) is 0 Å². The highest BCUT2D eigenvalue weighted by Crippen LogP contribution is 2.28. The Morgan fingerprint density at radius 1 is 1.53 bits per heavy atom. The summed E-state index contributed by atoms with van der Waals surface area (Å²) in [5, 5.41) is 11.1. The largest absolute Gasteiger partial charge is 0.409 e. The van der Waals surface area contributed by atoms with Crippen molar-refractivity contribution in [1.29, 1.82) is 0 Å². The number of nitrogens with one attached hydrogen (secondary N) is 1. The van der Waals surface area contributed by atoms with Crippen LogP contribution < -0.4 is 10.5 Å². The van der Waals surface area contributed by atoms with Crippen LogP contribution in [-0.4, -0.2) is 30.8 Å². The molecule has 1 fully saturated rings. The molecule has 1 aliphatic carbocycles. The summed E-state index contributed by atoms with van der Waals surface area (Å²) in [6, 6.07) is -0.638. The van der Waals surface area contributed by atoms with Crippen LogP contribution in [0.25, 0.3) is 0 Å². The van der Waals surface area contributed by atoms with Crippen molar-refractivity contribution in [1.82, 2.24) is 4.72 Å². The maximum Gasteiger partial charge on any atom is 0.215 e. The Kier molecular flexibility index (Phi) is 3.56. The normalized spacial score (nSPS) is 20.6. The molecule has 1 atom stereocenters. The second-order valence-corrected chi connectivity index (χ2v) is 6.10. The molecule has 0 spiro atoms. The molecule has 6 nitrogen and oxygen atoms in total. The van der Waals surface area contributed by atoms with E-state index >= 15 is 0 Å². The van der Waals surface area contributed by atoms with Gasteiger partial charge in [-0.25, -0.2) is 13.1 Å². The van der Waals surface area contributed by atoms with Crippen molar-refractivity contribution >= 4 is 15.9 Å². The van der Waals surface area contributed by atoms with Gasteiger partial charge in [-0.15, -0.1) is 0 Å². The zero-order valence-corrected chi connectivity index (χ0v) is 9.66. The van der Waals surface area contributed by atoms with E-state index in [1.165, 1.54) is 0 Å². The molecule has 88 valence electrons. The van der Waals surface area contributed by atoms with Crippen LogP contribution >= 0.6 is 0 Å². The van der Waals surface area contributed by atoms with Crippen LogP contribution in [0.2, 0.25) is 0 Å². The van der Waals surface area contributed by atoms with Crippen LogP contribution in [0.15, 0.2) is 5.16 Å². The molecule has 1 unspecified atom stereocenters. The van der Waals surface area contributed by atoms with E-state index in [2.05, 4.69) is 9.88 Å². The minimum Gasteiger partial charge on any atom is -0.409 e. The van der Waals surface area contributed by atoms with Crippen LogP contribution in [0.3, 0.4) is 0 Å². The first-order valence-corrected chi connectivity index (χ1v) is 6.41. The van der Waals surface area contributed by atoms with Gasteiger partial charge in [0.15, 0.2) is 5.84 Å². The first-order valence-electron chi connectivity index (χ1n) is 4.87. The summed E-state index contributed by atoms with van der Waals surface area (Å²) >= 11 is 0. The van der Waals surface area contributed by atoms with Crippen LogP contribution in [0.1, 0.15) is 26.7 Å². The lowest BCUT2D eigenvalue weighted by atomic mass is 10.1. The molecule has 0 aromatic heterocycles. The van der Waals surface area contributed by atoms with E-state index in [4.69, 9.17) is 10.9 Å². The number of hydrogen-bond donors (Lipinski definition) is 3. The number of rotatable bonds is 5. The van der Waals surface area contributed by atoms with Crippen molar-refractivity contribution in [2.24, 2.45) is 16.8 Å². The average Bonchev–Trinajstić information content (AvgIpc) is 2.95. The van der Waals surface area contributed by atoms with Crippen LogP contribution in [-0.2, 0) is 10.0 Å². The van der Waals surface area contributed by atoms with Gasteiger partial charge < -0.3 is 10.9 Å². The molecule has 0 heterocycles. The maximum absolute atomic E-state index is 11.6. The molecule has 4 N–H and O–H groups in total. The molecule has 0 aliphatic heterocycles. The third-order valence-corrected chi connectivity index (χ3v) is 4.29. The van der Waals surface area contributed by atoms with Gasteiger partial charge in [-0.1, -0.05) is 19.0 Å². The Bertz CT molecular complexity index is 346. The van der Waals surface area contributed by atoms with E-state index in [9.17, 15) is 8.42 Å². The number of nitrogens with two attached hydrogens (primary N) is 1. The summed E-state index contributed by atoms with van der Waals surface area (Å²) < 4.78 is 25.7. The summed E-state index contributed by atoms with van der Waals surface area (Å²) in [5.74, 6) is -0.163. The minimum absolute atomic E-state index is 0.0607. The number of oxime groups is 1. The third-order valence-electron chi connectivity index (χ3n) is 2.36. The molecule has 1 saturated carbocycles. The molecular weight excluding hydrogens is 218 g/mol. The van der Waals surface area contributed by atoms with Crippen LogP contribution in [0.5, 0.6) is 0 Å². The monoisotopic (exact) mass is 235 g/mol. The highest BCUT2D eigenvalue weighted by atomic mass is 32.2. The molecular formula is C8H17N3O3S. The van der Waals surface area contributed by atoms with Crippen LogP contribution in [0.4, 0.5) is 0 Å². The van der Waals surface area contributed by atoms with E-state index in [1.54, 1.807) is 13.8 Å². The van der Waals surface area contributed by atoms with Crippen molar-refractivity contribution in [3.8, 4) is 0 Å². The van der Waals surface area contributed by atoms with E-state index in [0.29, 0.717) is 12.8 Å². The fraction of sp³-hybridized carbons (Fsp3) is 0.875. The summed E-state index contributed by atoms with van der Waals surface area (Å²) in [6.07, 6.45) is 1.38. The van der Waals surface area contributed by atoms with Crippen molar-refractivity contribution < 1.29 is 13.6 Å². The number of sulfonamides is 1. The van der Waals surface area contributed by atoms with Gasteiger partial charge in [0, 0.05) is 0 Å². The summed E-state index contributed by atoms with van der Waals surface area (Å²) in [7, 11) is -3.31. The van der Waals surface area contributed by atoms with E-state index in [-0.39, 0.29) is 17.0 Å². The molecule has 7 heteroatoms. The summed E-state index contributed by atoms with van der Waals surface area (Å²) in [4.78, 5) is 0. The molecule has 0 aromatic rings. The Morgan fingerprint density at radius 2 is 2.07 bits per heavy atom. The third kappa shape index (κ3) is 3.07. The Hall–Kier alpha value is -0.820. The van der Waals surface area contributed by atoms with Gasteiger partial charge >= 0.3 is 0 Å². The smallest absolute Gasteiger partial charge is 0.215 e. The lowest BCUT2D eigenvalue weighted by Crippen LogP contribution is -2.48. The van der Waals surface area contributed by atoms with Gasteiger partial charge in [-0.2, -0.15) is 0 Å². The van der Waals surface area contributed by atoms with Crippen molar-refractivity contribution in [2.75, 3.05) is 0 Å². The SMILES string of the molecule is CC(C)C(NS(=O)(=O)C1CC1)C(N)=NO. The topological polar surface area (TPSA) is 105 Å². The van der Waals surface area contributed by atoms with Crippen LogP contribution in [0, 0.1) is 5.92 Å². The summed E-state index contributed by atoms with van der Waals surface area (Å²) in [5.41, 5.74) is 5.42. The van der Waals surface area contributed by atoms with Gasteiger partial charge in [-0.05, 0) is 18.8 Å². The standard InChI is InChI=1S/C8H17N3O3S/c1-5(2)7(8(9)10-12)11-15(13,14)6-3-4-6/h5-7,11-12H,3-4H2,1-2H3,(H2,9,10). The number of nitrogens with zero attached hydrogens (tertiary/aromatic N) is 1. The first kappa shape index (κ1) is 12.3. The molecule has 0 amide bonds. The molecule has 0 aromatic carbocycles. The molecule has 1 rings (SSSR count). The average molecular weight is 235 g/mol. The predicted octanol–water partition coefficient (Wildman–Crippen LogP) is -0.161. The van der Waals surface area contributed by atoms with Gasteiger partial charge in [-0.3, -0.25) is 0 Å². The van der Waals surface area contributed by atoms with Crippen molar-refractivity contribution in [3.63, 3.8) is 0 Å². The number of amidine groups is 1. The molecule has 0 saturated heterocycles. The van der Waals surface area contributed by atoms with E-state index < -0.39 is 16.1 Å². The Balaban J connectivity index is 2.75. The highest BCUT2D eigenvalue weighted by molar-refractivity contribution is 7.90. The highest BCUT2D eigenvalue weighted by Gasteiger charge is 2.38. The Labute approximate surface area is 89.6 Å². The minimum atomic E-state index is -3.31. The Morgan fingerprint density at radius 3 is 2.40 bits per heavy atom.